The highest BCUT2D eigenvalue weighted by molar-refractivity contribution is 6.14. The number of carbonyl (C=O) groups excluding carboxylic acids is 3. The van der Waals surface area contributed by atoms with E-state index in [1.807, 2.05) is 6.07 Å². The van der Waals surface area contributed by atoms with Crippen LogP contribution in [-0.2, 0) is 9.59 Å². The van der Waals surface area contributed by atoms with Gasteiger partial charge in [-0.05, 0) is 25.2 Å². The van der Waals surface area contributed by atoms with Gasteiger partial charge in [-0.2, -0.15) is 0 Å². The molecule has 0 spiro atoms. The number of likely N-dealkylation sites (N-methyl/N-ethyl adjacent to an activating group) is 1. The van der Waals surface area contributed by atoms with Gasteiger partial charge in [-0.3, -0.25) is 19.3 Å². The van der Waals surface area contributed by atoms with Gasteiger partial charge in [0.15, 0.2) is 5.78 Å². The number of nitrogens with zero attached hydrogens (tertiary/aromatic N) is 2. The van der Waals surface area contributed by atoms with E-state index in [4.69, 9.17) is 0 Å². The molecule has 0 aliphatic carbocycles. The summed E-state index contributed by atoms with van der Waals surface area (Å²) in [6.45, 7) is 5.21. The van der Waals surface area contributed by atoms with Crippen LogP contribution in [-0.4, -0.2) is 67.2 Å². The molecule has 152 valence electrons. The van der Waals surface area contributed by atoms with Gasteiger partial charge in [0.05, 0.1) is 12.2 Å². The van der Waals surface area contributed by atoms with Gasteiger partial charge in [0.2, 0.25) is 11.8 Å². The highest BCUT2D eigenvalue weighted by Crippen LogP contribution is 2.24. The number of rotatable bonds is 6. The summed E-state index contributed by atoms with van der Waals surface area (Å²) in [5, 5.41) is 5.56. The van der Waals surface area contributed by atoms with Crippen LogP contribution in [0.4, 0.5) is 11.4 Å². The fourth-order valence-corrected chi connectivity index (χ4v) is 3.27. The standard InChI is InChI=1S/C22H26N4O3/c1-16(27)23-18-8-9-20(19(14-18)22(29)17-6-4-3-5-7-17)24-21(28)15-26-12-10-25(2)11-13-26/h3-9,14H,10-13,15H2,1-2H3,(H,23,27)(H,24,28). The van der Waals surface area contributed by atoms with E-state index in [1.165, 1.54) is 6.92 Å². The summed E-state index contributed by atoms with van der Waals surface area (Å²) in [4.78, 5) is 41.3. The maximum absolute atomic E-state index is 13.0. The second-order valence-corrected chi connectivity index (χ2v) is 7.26. The van der Waals surface area contributed by atoms with Crippen molar-refractivity contribution in [2.24, 2.45) is 0 Å². The van der Waals surface area contributed by atoms with Gasteiger partial charge >= 0.3 is 0 Å². The SMILES string of the molecule is CC(=O)Nc1ccc(NC(=O)CN2CCN(C)CC2)c(C(=O)c2ccccc2)c1. The van der Waals surface area contributed by atoms with Gasteiger partial charge in [-0.15, -0.1) is 0 Å². The minimum absolute atomic E-state index is 0.163. The molecule has 0 aromatic heterocycles. The molecule has 7 heteroatoms. The summed E-state index contributed by atoms with van der Waals surface area (Å²) < 4.78 is 0. The third-order valence-corrected chi connectivity index (χ3v) is 4.86. The maximum Gasteiger partial charge on any atom is 0.238 e. The highest BCUT2D eigenvalue weighted by Gasteiger charge is 2.19. The molecule has 2 aromatic carbocycles. The van der Waals surface area contributed by atoms with Crippen molar-refractivity contribution in [3.8, 4) is 0 Å². The number of ketones is 1. The summed E-state index contributed by atoms with van der Waals surface area (Å²) in [7, 11) is 2.06. The third kappa shape index (κ3) is 5.73. The van der Waals surface area contributed by atoms with E-state index in [1.54, 1.807) is 42.5 Å². The Labute approximate surface area is 170 Å². The van der Waals surface area contributed by atoms with Gasteiger partial charge in [0.25, 0.3) is 0 Å². The lowest BCUT2D eigenvalue weighted by Crippen LogP contribution is -2.47. The van der Waals surface area contributed by atoms with Crippen LogP contribution in [0.3, 0.4) is 0 Å². The molecular weight excluding hydrogens is 368 g/mol. The molecule has 2 aromatic rings. The first-order chi connectivity index (χ1) is 13.9. The molecule has 1 saturated heterocycles. The van der Waals surface area contributed by atoms with Crippen molar-refractivity contribution in [1.82, 2.24) is 9.80 Å². The van der Waals surface area contributed by atoms with Crippen molar-refractivity contribution in [3.05, 3.63) is 59.7 Å². The monoisotopic (exact) mass is 394 g/mol. The van der Waals surface area contributed by atoms with Crippen molar-refractivity contribution in [2.75, 3.05) is 50.4 Å². The minimum Gasteiger partial charge on any atom is -0.326 e. The molecule has 0 saturated carbocycles. The summed E-state index contributed by atoms with van der Waals surface area (Å²) in [6, 6.07) is 13.8. The Bertz CT molecular complexity index is 890. The van der Waals surface area contributed by atoms with Crippen molar-refractivity contribution < 1.29 is 14.4 Å². The number of piperazine rings is 1. The number of hydrogen-bond donors (Lipinski definition) is 2. The molecule has 1 fully saturated rings. The van der Waals surface area contributed by atoms with Crippen LogP contribution in [0.2, 0.25) is 0 Å². The van der Waals surface area contributed by atoms with E-state index in [2.05, 4.69) is 27.5 Å². The number of anilines is 2. The van der Waals surface area contributed by atoms with Crippen LogP contribution in [0.15, 0.2) is 48.5 Å². The molecule has 2 N–H and O–H groups in total. The van der Waals surface area contributed by atoms with Crippen LogP contribution in [0.5, 0.6) is 0 Å². The van der Waals surface area contributed by atoms with E-state index in [9.17, 15) is 14.4 Å². The quantitative estimate of drug-likeness (QED) is 0.733. The molecule has 1 aliphatic rings. The largest absolute Gasteiger partial charge is 0.326 e. The molecular formula is C22H26N4O3. The van der Waals surface area contributed by atoms with E-state index < -0.39 is 0 Å². The molecule has 7 nitrogen and oxygen atoms in total. The fourth-order valence-electron chi connectivity index (χ4n) is 3.27. The highest BCUT2D eigenvalue weighted by atomic mass is 16.2. The Morgan fingerprint density at radius 2 is 1.62 bits per heavy atom. The van der Waals surface area contributed by atoms with E-state index in [0.717, 1.165) is 26.2 Å². The first-order valence-electron chi connectivity index (χ1n) is 9.64. The number of benzene rings is 2. The third-order valence-electron chi connectivity index (χ3n) is 4.86. The molecule has 0 radical (unpaired) electrons. The summed E-state index contributed by atoms with van der Waals surface area (Å²) in [6.07, 6.45) is 0. The minimum atomic E-state index is -0.227. The lowest BCUT2D eigenvalue weighted by molar-refractivity contribution is -0.117. The molecule has 2 amide bonds. The average molecular weight is 394 g/mol. The summed E-state index contributed by atoms with van der Waals surface area (Å²) >= 11 is 0. The lowest BCUT2D eigenvalue weighted by atomic mass is 10.0. The summed E-state index contributed by atoms with van der Waals surface area (Å²) in [5.41, 5.74) is 1.80. The molecule has 1 aliphatic heterocycles. The van der Waals surface area contributed by atoms with Crippen LogP contribution < -0.4 is 10.6 Å². The second-order valence-electron chi connectivity index (χ2n) is 7.26. The fraction of sp³-hybridized carbons (Fsp3) is 0.318. The number of hydrogen-bond acceptors (Lipinski definition) is 5. The molecule has 3 rings (SSSR count). The molecule has 0 atom stereocenters. The van der Waals surface area contributed by atoms with E-state index in [0.29, 0.717) is 22.5 Å². The van der Waals surface area contributed by atoms with Gasteiger partial charge in [0, 0.05) is 49.9 Å². The predicted molar refractivity (Wildman–Crippen MR) is 113 cm³/mol. The topological polar surface area (TPSA) is 81.8 Å². The Hall–Kier alpha value is -3.03. The van der Waals surface area contributed by atoms with Crippen molar-refractivity contribution in [2.45, 2.75) is 6.92 Å². The second kappa shape index (κ2) is 9.45. The first-order valence-corrected chi connectivity index (χ1v) is 9.64. The number of carbonyl (C=O) groups is 3. The normalized spacial score (nSPS) is 15.0. The van der Waals surface area contributed by atoms with Crippen LogP contribution in [0, 0.1) is 0 Å². The number of nitrogens with one attached hydrogen (secondary N) is 2. The lowest BCUT2D eigenvalue weighted by Gasteiger charge is -2.31. The Morgan fingerprint density at radius 3 is 2.28 bits per heavy atom. The van der Waals surface area contributed by atoms with E-state index >= 15 is 0 Å². The van der Waals surface area contributed by atoms with Gasteiger partial charge < -0.3 is 15.5 Å². The Kier molecular flexibility index (Phi) is 6.74. The molecule has 1 heterocycles. The smallest absolute Gasteiger partial charge is 0.238 e. The van der Waals surface area contributed by atoms with Crippen molar-refractivity contribution in [1.29, 1.82) is 0 Å². The van der Waals surface area contributed by atoms with Crippen molar-refractivity contribution >= 4 is 29.0 Å². The van der Waals surface area contributed by atoms with Crippen molar-refractivity contribution in [3.63, 3.8) is 0 Å². The zero-order valence-corrected chi connectivity index (χ0v) is 16.8. The number of amides is 2. The maximum atomic E-state index is 13.0. The van der Waals surface area contributed by atoms with Gasteiger partial charge in [0.1, 0.15) is 0 Å². The average Bonchev–Trinajstić information content (AvgIpc) is 2.70. The van der Waals surface area contributed by atoms with Crippen LogP contribution in [0.1, 0.15) is 22.8 Å². The predicted octanol–water partition coefficient (Wildman–Crippen LogP) is 2.06. The summed E-state index contributed by atoms with van der Waals surface area (Å²) in [5.74, 6) is -0.605. The molecule has 29 heavy (non-hydrogen) atoms. The molecule has 0 bridgehead atoms. The van der Waals surface area contributed by atoms with Gasteiger partial charge in [-0.1, -0.05) is 30.3 Å². The zero-order valence-electron chi connectivity index (χ0n) is 16.8. The Balaban J connectivity index is 1.80. The Morgan fingerprint density at radius 1 is 0.931 bits per heavy atom. The van der Waals surface area contributed by atoms with Gasteiger partial charge in [-0.25, -0.2) is 0 Å². The van der Waals surface area contributed by atoms with Crippen LogP contribution in [0.25, 0.3) is 0 Å². The molecule has 0 unspecified atom stereocenters. The van der Waals surface area contributed by atoms with E-state index in [-0.39, 0.29) is 24.1 Å². The van der Waals surface area contributed by atoms with Crippen LogP contribution >= 0.6 is 0 Å². The first kappa shape index (κ1) is 20.7. The zero-order chi connectivity index (χ0) is 20.8.